The van der Waals surface area contributed by atoms with E-state index in [2.05, 4.69) is 5.32 Å². The third-order valence-electron chi connectivity index (χ3n) is 3.04. The molecule has 0 heterocycles. The minimum atomic E-state index is -0.600. The van der Waals surface area contributed by atoms with Gasteiger partial charge in [0, 0.05) is 5.69 Å². The van der Waals surface area contributed by atoms with Gasteiger partial charge in [0.25, 0.3) is 5.91 Å². The number of ether oxygens (including phenoxy) is 1. The van der Waals surface area contributed by atoms with Crippen LogP contribution >= 0.6 is 23.2 Å². The summed E-state index contributed by atoms with van der Waals surface area (Å²) in [7, 11) is 0. The maximum absolute atomic E-state index is 12.1. The van der Waals surface area contributed by atoms with Gasteiger partial charge >= 0.3 is 0 Å². The number of carbonyl (C=O) groups is 1. The van der Waals surface area contributed by atoms with E-state index in [0.29, 0.717) is 27.3 Å². The molecular weight excluding hydrogens is 299 g/mol. The van der Waals surface area contributed by atoms with E-state index >= 15 is 0 Å². The Bertz CT molecular complexity index is 469. The zero-order valence-corrected chi connectivity index (χ0v) is 13.5. The Kier molecular flexibility index (Phi) is 6.11. The highest BCUT2D eigenvalue weighted by Crippen LogP contribution is 2.33. The fourth-order valence-corrected chi connectivity index (χ4v) is 2.08. The summed E-state index contributed by atoms with van der Waals surface area (Å²) >= 11 is 12.0. The van der Waals surface area contributed by atoms with Crippen molar-refractivity contribution >= 4 is 40.5 Å². The highest BCUT2D eigenvalue weighted by molar-refractivity contribution is 6.40. The average molecular weight is 319 g/mol. The smallest absolute Gasteiger partial charge is 0.253 e. The fraction of sp³-hybridized carbons (Fsp3) is 0.500. The number of benzene rings is 1. The molecule has 0 aliphatic carbocycles. The zero-order chi connectivity index (χ0) is 15.4. The predicted octanol–water partition coefficient (Wildman–Crippen LogP) is 3.96. The molecule has 112 valence electrons. The molecule has 20 heavy (non-hydrogen) atoms. The third kappa shape index (κ3) is 4.54. The van der Waals surface area contributed by atoms with Crippen molar-refractivity contribution in [1.82, 2.24) is 0 Å². The Labute approximate surface area is 129 Å². The lowest BCUT2D eigenvalue weighted by molar-refractivity contribution is -0.130. The molecule has 0 saturated carbocycles. The number of halogens is 2. The molecule has 0 spiro atoms. The second-order valence-electron chi connectivity index (χ2n) is 5.08. The highest BCUT2D eigenvalue weighted by atomic mass is 35.5. The van der Waals surface area contributed by atoms with Gasteiger partial charge in [-0.3, -0.25) is 4.79 Å². The molecule has 0 aliphatic rings. The molecule has 0 aromatic heterocycles. The lowest BCUT2D eigenvalue weighted by Gasteiger charge is -2.22. The molecule has 1 aromatic rings. The van der Waals surface area contributed by atoms with Crippen LogP contribution in [-0.4, -0.2) is 18.1 Å². The first kappa shape index (κ1) is 17.1. The second kappa shape index (κ2) is 7.16. The average Bonchev–Trinajstić information content (AvgIpc) is 2.32. The number of nitrogen functional groups attached to an aromatic ring is 1. The van der Waals surface area contributed by atoms with Crippen molar-refractivity contribution in [1.29, 1.82) is 0 Å². The summed E-state index contributed by atoms with van der Waals surface area (Å²) in [5.74, 6) is 0.0278. The van der Waals surface area contributed by atoms with Gasteiger partial charge < -0.3 is 15.8 Å². The Balaban J connectivity index is 2.76. The van der Waals surface area contributed by atoms with Crippen LogP contribution in [0.4, 0.5) is 11.4 Å². The third-order valence-corrected chi connectivity index (χ3v) is 3.64. The molecule has 0 bridgehead atoms. The van der Waals surface area contributed by atoms with Crippen molar-refractivity contribution in [3.63, 3.8) is 0 Å². The summed E-state index contributed by atoms with van der Waals surface area (Å²) < 4.78 is 5.63. The molecule has 2 unspecified atom stereocenters. The maximum atomic E-state index is 12.1. The first-order valence-corrected chi connectivity index (χ1v) is 7.18. The van der Waals surface area contributed by atoms with Crippen LogP contribution in [0.3, 0.4) is 0 Å². The van der Waals surface area contributed by atoms with Gasteiger partial charge in [-0.15, -0.1) is 0 Å². The standard InChI is InChI=1S/C14H20Cl2N2O2/c1-7(2)8(3)20-9(4)14(19)18-13-11(15)5-10(17)6-12(13)16/h5-9H,17H2,1-4H3,(H,18,19). The van der Waals surface area contributed by atoms with E-state index in [-0.39, 0.29) is 12.0 Å². The molecule has 1 amide bonds. The second-order valence-corrected chi connectivity index (χ2v) is 5.89. The fourth-order valence-electron chi connectivity index (χ4n) is 1.48. The van der Waals surface area contributed by atoms with Crippen LogP contribution in [0.2, 0.25) is 10.0 Å². The minimum Gasteiger partial charge on any atom is -0.399 e. The molecule has 4 nitrogen and oxygen atoms in total. The molecule has 0 aliphatic heterocycles. The van der Waals surface area contributed by atoms with Gasteiger partial charge in [-0.05, 0) is 31.9 Å². The van der Waals surface area contributed by atoms with Crippen molar-refractivity contribution in [3.8, 4) is 0 Å². The number of hydrogen-bond donors (Lipinski definition) is 2. The lowest BCUT2D eigenvalue weighted by Crippen LogP contribution is -2.32. The minimum absolute atomic E-state index is 0.0203. The van der Waals surface area contributed by atoms with Crippen LogP contribution in [0.1, 0.15) is 27.7 Å². The van der Waals surface area contributed by atoms with Crippen molar-refractivity contribution in [2.45, 2.75) is 39.9 Å². The van der Waals surface area contributed by atoms with Crippen molar-refractivity contribution in [3.05, 3.63) is 22.2 Å². The summed E-state index contributed by atoms with van der Waals surface area (Å²) in [5.41, 5.74) is 6.40. The first-order valence-electron chi connectivity index (χ1n) is 6.43. The number of amides is 1. The van der Waals surface area contributed by atoms with E-state index in [1.165, 1.54) is 12.1 Å². The van der Waals surface area contributed by atoms with Gasteiger partial charge in [0.05, 0.1) is 21.8 Å². The topological polar surface area (TPSA) is 64.3 Å². The molecule has 1 aromatic carbocycles. The molecule has 3 N–H and O–H groups in total. The van der Waals surface area contributed by atoms with E-state index in [4.69, 9.17) is 33.7 Å². The summed E-state index contributed by atoms with van der Waals surface area (Å²) in [4.78, 5) is 12.1. The van der Waals surface area contributed by atoms with Crippen molar-refractivity contribution < 1.29 is 9.53 Å². The zero-order valence-electron chi connectivity index (χ0n) is 12.0. The molecule has 0 fully saturated rings. The van der Waals surface area contributed by atoms with Crippen LogP contribution in [0, 0.1) is 5.92 Å². The quantitative estimate of drug-likeness (QED) is 0.807. The largest absolute Gasteiger partial charge is 0.399 e. The maximum Gasteiger partial charge on any atom is 0.253 e. The van der Waals surface area contributed by atoms with Crippen LogP contribution in [0.25, 0.3) is 0 Å². The Morgan fingerprint density at radius 1 is 1.20 bits per heavy atom. The van der Waals surface area contributed by atoms with Gasteiger partial charge in [-0.25, -0.2) is 0 Å². The van der Waals surface area contributed by atoms with Crippen LogP contribution < -0.4 is 11.1 Å². The number of carbonyl (C=O) groups excluding carboxylic acids is 1. The van der Waals surface area contributed by atoms with E-state index in [1.54, 1.807) is 6.92 Å². The van der Waals surface area contributed by atoms with E-state index in [1.807, 2.05) is 20.8 Å². The monoisotopic (exact) mass is 318 g/mol. The van der Waals surface area contributed by atoms with E-state index in [9.17, 15) is 4.79 Å². The summed E-state index contributed by atoms with van der Waals surface area (Å²) in [6, 6.07) is 3.07. The number of rotatable bonds is 5. The predicted molar refractivity (Wildman–Crippen MR) is 84.4 cm³/mol. The SMILES string of the molecule is CC(OC(C)C(C)C)C(=O)Nc1c(Cl)cc(N)cc1Cl. The molecule has 0 radical (unpaired) electrons. The molecular formula is C14H20Cl2N2O2. The van der Waals surface area contributed by atoms with E-state index < -0.39 is 6.10 Å². The van der Waals surface area contributed by atoms with Gasteiger partial charge in [-0.2, -0.15) is 0 Å². The first-order chi connectivity index (χ1) is 9.22. The lowest BCUT2D eigenvalue weighted by atomic mass is 10.1. The van der Waals surface area contributed by atoms with Crippen LogP contribution in [0.5, 0.6) is 0 Å². The van der Waals surface area contributed by atoms with Crippen LogP contribution in [0.15, 0.2) is 12.1 Å². The number of nitrogens with one attached hydrogen (secondary N) is 1. The molecule has 0 saturated heterocycles. The Morgan fingerprint density at radius 3 is 2.15 bits per heavy atom. The molecule has 2 atom stereocenters. The summed E-state index contributed by atoms with van der Waals surface area (Å²) in [5, 5.41) is 3.26. The molecule has 6 heteroatoms. The van der Waals surface area contributed by atoms with Crippen molar-refractivity contribution in [2.24, 2.45) is 5.92 Å². The number of hydrogen-bond acceptors (Lipinski definition) is 3. The van der Waals surface area contributed by atoms with Gasteiger partial charge in [-0.1, -0.05) is 37.0 Å². The number of anilines is 2. The molecule has 1 rings (SSSR count). The summed E-state index contributed by atoms with van der Waals surface area (Å²) in [6.07, 6.45) is -0.620. The van der Waals surface area contributed by atoms with Gasteiger partial charge in [0.1, 0.15) is 6.10 Å². The van der Waals surface area contributed by atoms with E-state index in [0.717, 1.165) is 0 Å². The van der Waals surface area contributed by atoms with Gasteiger partial charge in [0.2, 0.25) is 0 Å². The Hall–Kier alpha value is -0.970. The van der Waals surface area contributed by atoms with Crippen LogP contribution in [-0.2, 0) is 9.53 Å². The number of nitrogens with two attached hydrogens (primary N) is 1. The van der Waals surface area contributed by atoms with Gasteiger partial charge in [0.15, 0.2) is 0 Å². The highest BCUT2D eigenvalue weighted by Gasteiger charge is 2.20. The normalized spacial score (nSPS) is 14.2. The van der Waals surface area contributed by atoms with Crippen molar-refractivity contribution in [2.75, 3.05) is 11.1 Å². The summed E-state index contributed by atoms with van der Waals surface area (Å²) in [6.45, 7) is 7.68. The Morgan fingerprint density at radius 2 is 1.70 bits per heavy atom.